The van der Waals surface area contributed by atoms with Gasteiger partial charge in [-0.05, 0) is 37.1 Å². The van der Waals surface area contributed by atoms with Gasteiger partial charge in [0.15, 0.2) is 0 Å². The molecule has 0 atom stereocenters. The molecule has 1 aliphatic heterocycles. The fraction of sp³-hybridized carbons (Fsp3) is 0.0833. The Hall–Kier alpha value is -2.57. The summed E-state index contributed by atoms with van der Waals surface area (Å²) >= 11 is 0. The third kappa shape index (κ3) is 3.77. The number of pyridine rings is 2. The summed E-state index contributed by atoms with van der Waals surface area (Å²) in [7, 11) is 0. The van der Waals surface area contributed by atoms with Crippen molar-refractivity contribution in [2.24, 2.45) is 0 Å². The molecule has 3 heteroatoms. The van der Waals surface area contributed by atoms with Crippen LogP contribution in [0.15, 0.2) is 72.8 Å². The Kier molecular flexibility index (Phi) is 5.00. The van der Waals surface area contributed by atoms with Gasteiger partial charge in [0.25, 0.3) is 0 Å². The van der Waals surface area contributed by atoms with E-state index in [4.69, 9.17) is 9.97 Å². The summed E-state index contributed by atoms with van der Waals surface area (Å²) in [6.07, 6.45) is 1.50. The molecule has 1 aliphatic rings. The molecule has 0 radical (unpaired) electrons. The van der Waals surface area contributed by atoms with E-state index in [9.17, 15) is 0 Å². The van der Waals surface area contributed by atoms with Crippen LogP contribution in [0.2, 0.25) is 0 Å². The van der Waals surface area contributed by atoms with Crippen LogP contribution in [0.25, 0.3) is 22.5 Å². The minimum atomic E-state index is 0. The monoisotopic (exact) mass is 527 g/mol. The Morgan fingerprint density at radius 1 is 0.556 bits per heavy atom. The van der Waals surface area contributed by atoms with Crippen LogP contribution < -0.4 is 0 Å². The van der Waals surface area contributed by atoms with Gasteiger partial charge >= 0.3 is 21.1 Å². The van der Waals surface area contributed by atoms with Crippen molar-refractivity contribution in [2.45, 2.75) is 12.8 Å². The third-order valence-corrected chi connectivity index (χ3v) is 4.62. The van der Waals surface area contributed by atoms with Crippen LogP contribution in [0, 0.1) is 12.1 Å². The first-order valence-electron chi connectivity index (χ1n) is 8.78. The summed E-state index contributed by atoms with van der Waals surface area (Å²) in [6.45, 7) is 0. The predicted molar refractivity (Wildman–Crippen MR) is 103 cm³/mol. The Morgan fingerprint density at radius 3 is 1.48 bits per heavy atom. The zero-order chi connectivity index (χ0) is 17.3. The fourth-order valence-electron chi connectivity index (χ4n) is 3.39. The van der Waals surface area contributed by atoms with Crippen molar-refractivity contribution < 1.29 is 21.1 Å². The first-order valence-corrected chi connectivity index (χ1v) is 8.78. The van der Waals surface area contributed by atoms with Crippen molar-refractivity contribution >= 4 is 0 Å². The van der Waals surface area contributed by atoms with Crippen LogP contribution in [0.1, 0.15) is 22.5 Å². The Labute approximate surface area is 173 Å². The second-order valence-electron chi connectivity index (χ2n) is 6.56. The van der Waals surface area contributed by atoms with E-state index >= 15 is 0 Å². The molecule has 2 aromatic heterocycles. The smallest absolute Gasteiger partial charge is 0.251 e. The van der Waals surface area contributed by atoms with Crippen molar-refractivity contribution in [3.63, 3.8) is 0 Å². The van der Waals surface area contributed by atoms with Gasteiger partial charge in [-0.1, -0.05) is 12.1 Å². The van der Waals surface area contributed by atoms with Crippen LogP contribution in [0.4, 0.5) is 0 Å². The molecule has 0 N–H and O–H groups in total. The van der Waals surface area contributed by atoms with E-state index in [1.165, 1.54) is 0 Å². The normalized spacial score (nSPS) is 11.9. The molecule has 27 heavy (non-hydrogen) atoms. The number of nitrogens with zero attached hydrogens (tertiary/aromatic N) is 2. The standard InChI is InChI=1S/C24H16N2.Pt/c1-5-17-13-19(7-1)20-8-2-6-18(14-20)16-22-10-4-12-24(26-22)23-11-3-9-21(15-17)25-23;/h1-12H,15-16H2;/q-2;+2. The third-order valence-electron chi connectivity index (χ3n) is 4.62. The van der Waals surface area contributed by atoms with Gasteiger partial charge in [-0.3, -0.25) is 9.97 Å². The molecule has 5 rings (SSSR count). The van der Waals surface area contributed by atoms with E-state index in [0.29, 0.717) is 0 Å². The van der Waals surface area contributed by atoms with Gasteiger partial charge in [-0.25, -0.2) is 11.1 Å². The van der Waals surface area contributed by atoms with Gasteiger partial charge in [0, 0.05) is 11.4 Å². The van der Waals surface area contributed by atoms with Gasteiger partial charge in [-0.15, -0.1) is 23.3 Å². The van der Waals surface area contributed by atoms with Gasteiger partial charge in [0.05, 0.1) is 11.4 Å². The summed E-state index contributed by atoms with van der Waals surface area (Å²) in [5.74, 6) is 0. The van der Waals surface area contributed by atoms with Crippen LogP contribution in [0.5, 0.6) is 0 Å². The maximum Gasteiger partial charge on any atom is 2.00 e. The molecule has 8 bridgehead atoms. The molecule has 2 nitrogen and oxygen atoms in total. The molecule has 0 saturated carbocycles. The quantitative estimate of drug-likeness (QED) is 0.268. The molecule has 0 fully saturated rings. The van der Waals surface area contributed by atoms with E-state index in [2.05, 4.69) is 72.8 Å². The van der Waals surface area contributed by atoms with Crippen molar-refractivity contribution in [3.8, 4) is 22.5 Å². The van der Waals surface area contributed by atoms with Gasteiger partial charge < -0.3 is 0 Å². The van der Waals surface area contributed by atoms with Crippen LogP contribution in [-0.2, 0) is 33.9 Å². The van der Waals surface area contributed by atoms with E-state index in [-0.39, 0.29) is 21.1 Å². The van der Waals surface area contributed by atoms with E-state index in [0.717, 1.165) is 57.9 Å². The van der Waals surface area contributed by atoms with E-state index in [1.54, 1.807) is 0 Å². The topological polar surface area (TPSA) is 25.8 Å². The molecule has 0 aliphatic carbocycles. The van der Waals surface area contributed by atoms with Gasteiger partial charge in [0.1, 0.15) is 0 Å². The minimum Gasteiger partial charge on any atom is -0.251 e. The van der Waals surface area contributed by atoms with Crippen LogP contribution in [-0.4, -0.2) is 9.97 Å². The number of benzene rings is 2. The Bertz CT molecular complexity index is 929. The minimum absolute atomic E-state index is 0. The first-order chi connectivity index (χ1) is 12.8. The average molecular weight is 527 g/mol. The zero-order valence-electron chi connectivity index (χ0n) is 14.6. The summed E-state index contributed by atoms with van der Waals surface area (Å²) in [5, 5.41) is 0. The van der Waals surface area contributed by atoms with E-state index in [1.807, 2.05) is 12.1 Å². The van der Waals surface area contributed by atoms with Crippen LogP contribution in [0.3, 0.4) is 0 Å². The maximum absolute atomic E-state index is 4.83. The predicted octanol–water partition coefficient (Wildman–Crippen LogP) is 4.90. The number of hydrogen-bond donors (Lipinski definition) is 0. The number of aromatic nitrogens is 2. The van der Waals surface area contributed by atoms with Crippen molar-refractivity contribution in [2.75, 3.05) is 0 Å². The van der Waals surface area contributed by atoms with Crippen molar-refractivity contribution in [1.82, 2.24) is 9.97 Å². The van der Waals surface area contributed by atoms with Crippen LogP contribution >= 0.6 is 0 Å². The first kappa shape index (κ1) is 17.8. The van der Waals surface area contributed by atoms with Crippen molar-refractivity contribution in [3.05, 3.63) is 107 Å². The Balaban J connectivity index is 0.00000180. The number of rotatable bonds is 0. The fourth-order valence-corrected chi connectivity index (χ4v) is 3.39. The summed E-state index contributed by atoms with van der Waals surface area (Å²) in [6, 6.07) is 31.9. The molecular weight excluding hydrogens is 511 g/mol. The molecular formula is C24H16N2Pt. The van der Waals surface area contributed by atoms with Gasteiger partial charge in [-0.2, -0.15) is 36.4 Å². The summed E-state index contributed by atoms with van der Waals surface area (Å²) in [4.78, 5) is 9.65. The maximum atomic E-state index is 4.83. The van der Waals surface area contributed by atoms with Crippen molar-refractivity contribution in [1.29, 1.82) is 0 Å². The molecule has 3 heterocycles. The SMILES string of the molecule is [Pt+2].[c-]1c2cccc1-c1[c-]c(ccc1)Cc1cccc(n1)-c1cccc(n1)C2. The molecule has 4 aromatic rings. The second-order valence-corrected chi connectivity index (χ2v) is 6.56. The number of fused-ring (bicyclic) bond motifs is 10. The molecule has 0 spiro atoms. The van der Waals surface area contributed by atoms with Gasteiger partial charge in [0.2, 0.25) is 0 Å². The largest absolute Gasteiger partial charge is 2.00 e. The Morgan fingerprint density at radius 2 is 1.00 bits per heavy atom. The summed E-state index contributed by atoms with van der Waals surface area (Å²) in [5.41, 5.74) is 8.27. The summed E-state index contributed by atoms with van der Waals surface area (Å²) < 4.78 is 0. The molecule has 0 unspecified atom stereocenters. The second kappa shape index (κ2) is 7.58. The molecule has 0 saturated heterocycles. The molecule has 132 valence electrons. The van der Waals surface area contributed by atoms with E-state index < -0.39 is 0 Å². The molecule has 0 amide bonds. The average Bonchev–Trinajstić information content (AvgIpc) is 2.68. The zero-order valence-corrected chi connectivity index (χ0v) is 16.8. The molecule has 2 aromatic carbocycles. The number of hydrogen-bond acceptors (Lipinski definition) is 2.